The quantitative estimate of drug-likeness (QED) is 0.272. The zero-order valence-electron chi connectivity index (χ0n) is 13.6. The van der Waals surface area contributed by atoms with Crippen molar-refractivity contribution in [1.29, 1.82) is 0 Å². The molecule has 0 spiro atoms. The van der Waals surface area contributed by atoms with E-state index in [1.807, 2.05) is 42.5 Å². The number of pyridine rings is 1. The molecular formula is C22H12N2OS. The van der Waals surface area contributed by atoms with Crippen molar-refractivity contribution in [3.63, 3.8) is 0 Å². The van der Waals surface area contributed by atoms with Crippen LogP contribution in [0.15, 0.2) is 77.6 Å². The van der Waals surface area contributed by atoms with Gasteiger partial charge in [0, 0.05) is 20.9 Å². The third-order valence-electron chi connectivity index (χ3n) is 4.99. The summed E-state index contributed by atoms with van der Waals surface area (Å²) in [4.78, 5) is 19.2. The van der Waals surface area contributed by atoms with Crippen LogP contribution in [0.5, 0.6) is 0 Å². The van der Waals surface area contributed by atoms with Gasteiger partial charge in [-0.15, -0.1) is 11.3 Å². The van der Waals surface area contributed by atoms with Crippen molar-refractivity contribution >= 4 is 59.0 Å². The normalized spacial score (nSPS) is 12.0. The van der Waals surface area contributed by atoms with Crippen LogP contribution in [-0.4, -0.2) is 9.38 Å². The number of hydrogen-bond donors (Lipinski definition) is 0. The van der Waals surface area contributed by atoms with Crippen LogP contribution in [0.4, 0.5) is 0 Å². The highest BCUT2D eigenvalue weighted by Gasteiger charge is 2.17. The Labute approximate surface area is 151 Å². The highest BCUT2D eigenvalue weighted by molar-refractivity contribution is 7.25. The standard InChI is InChI=1S/C22H12N2OS/c25-21-15-9-3-5-11-17(15)23-20-14-8-2-1-7-13(14)19-16-10-4-6-12-18(16)26-22(19)24(20)21/h1-12H. The smallest absolute Gasteiger partial charge is 0.266 e. The lowest BCUT2D eigenvalue weighted by Crippen LogP contribution is -2.15. The molecule has 0 unspecified atom stereocenters. The first kappa shape index (κ1) is 14.0. The Balaban J connectivity index is 2.07. The molecule has 0 N–H and O–H groups in total. The van der Waals surface area contributed by atoms with Crippen molar-refractivity contribution in [2.45, 2.75) is 0 Å². The predicted octanol–water partition coefficient (Wildman–Crippen LogP) is 5.37. The Kier molecular flexibility index (Phi) is 2.63. The minimum Gasteiger partial charge on any atom is -0.268 e. The van der Waals surface area contributed by atoms with E-state index in [2.05, 4.69) is 30.3 Å². The molecule has 0 aliphatic rings. The summed E-state index contributed by atoms with van der Waals surface area (Å²) in [6.45, 7) is 0. The first-order valence-electron chi connectivity index (χ1n) is 8.46. The highest BCUT2D eigenvalue weighted by Crippen LogP contribution is 2.39. The maximum Gasteiger partial charge on any atom is 0.266 e. The van der Waals surface area contributed by atoms with Gasteiger partial charge in [-0.25, -0.2) is 9.38 Å². The maximum absolute atomic E-state index is 13.4. The number of benzene rings is 3. The topological polar surface area (TPSA) is 34.4 Å². The Morgan fingerprint density at radius 3 is 2.23 bits per heavy atom. The van der Waals surface area contributed by atoms with Gasteiger partial charge in [0.15, 0.2) is 0 Å². The van der Waals surface area contributed by atoms with Crippen LogP contribution in [0.1, 0.15) is 0 Å². The molecule has 0 fully saturated rings. The van der Waals surface area contributed by atoms with Gasteiger partial charge in [0.2, 0.25) is 0 Å². The molecule has 0 saturated carbocycles. The summed E-state index contributed by atoms with van der Waals surface area (Å²) >= 11 is 1.65. The molecule has 26 heavy (non-hydrogen) atoms. The molecule has 6 rings (SSSR count). The lowest BCUT2D eigenvalue weighted by molar-refractivity contribution is 1.15. The SMILES string of the molecule is O=c1c2ccccc2nc2c3ccccc3c3c4ccccc4sc3n12. The van der Waals surface area contributed by atoms with Crippen LogP contribution < -0.4 is 5.56 Å². The first-order chi connectivity index (χ1) is 12.8. The second-order valence-corrected chi connectivity index (χ2v) is 7.45. The molecule has 0 bridgehead atoms. The van der Waals surface area contributed by atoms with Crippen LogP contribution in [0, 0.1) is 0 Å². The Morgan fingerprint density at radius 1 is 0.731 bits per heavy atom. The van der Waals surface area contributed by atoms with Gasteiger partial charge in [0.25, 0.3) is 5.56 Å². The monoisotopic (exact) mass is 352 g/mol. The minimum atomic E-state index is -0.00657. The van der Waals surface area contributed by atoms with Crippen molar-refractivity contribution in [2.75, 3.05) is 0 Å². The Morgan fingerprint density at radius 2 is 1.38 bits per heavy atom. The number of fused-ring (bicyclic) bond motifs is 9. The van der Waals surface area contributed by atoms with Crippen LogP contribution in [0.2, 0.25) is 0 Å². The summed E-state index contributed by atoms with van der Waals surface area (Å²) < 4.78 is 2.98. The third-order valence-corrected chi connectivity index (χ3v) is 6.15. The second kappa shape index (κ2) is 4.90. The van der Waals surface area contributed by atoms with Crippen molar-refractivity contribution < 1.29 is 0 Å². The zero-order valence-corrected chi connectivity index (χ0v) is 14.5. The highest BCUT2D eigenvalue weighted by atomic mass is 32.1. The molecule has 0 atom stereocenters. The average molecular weight is 352 g/mol. The summed E-state index contributed by atoms with van der Waals surface area (Å²) in [6, 6.07) is 24.1. The van der Waals surface area contributed by atoms with E-state index in [9.17, 15) is 4.79 Å². The largest absolute Gasteiger partial charge is 0.268 e. The van der Waals surface area contributed by atoms with Crippen LogP contribution >= 0.6 is 11.3 Å². The van der Waals surface area contributed by atoms with Gasteiger partial charge in [-0.2, -0.15) is 0 Å². The number of nitrogens with zero attached hydrogens (tertiary/aromatic N) is 2. The number of para-hydroxylation sites is 1. The zero-order chi connectivity index (χ0) is 17.3. The van der Waals surface area contributed by atoms with Crippen molar-refractivity contribution in [3.05, 3.63) is 83.2 Å². The van der Waals surface area contributed by atoms with Gasteiger partial charge >= 0.3 is 0 Å². The molecule has 6 aromatic rings. The van der Waals surface area contributed by atoms with Gasteiger partial charge in [0.05, 0.1) is 10.9 Å². The summed E-state index contributed by atoms with van der Waals surface area (Å²) in [6.07, 6.45) is 0. The van der Waals surface area contributed by atoms with Crippen LogP contribution in [-0.2, 0) is 0 Å². The summed E-state index contributed by atoms with van der Waals surface area (Å²) in [5.74, 6) is 0. The van der Waals surface area contributed by atoms with E-state index in [1.54, 1.807) is 15.7 Å². The van der Waals surface area contributed by atoms with E-state index in [4.69, 9.17) is 4.98 Å². The molecule has 0 amide bonds. The molecule has 3 aromatic heterocycles. The maximum atomic E-state index is 13.4. The van der Waals surface area contributed by atoms with E-state index in [1.165, 1.54) is 10.1 Å². The lowest BCUT2D eigenvalue weighted by atomic mass is 10.1. The molecule has 3 heterocycles. The molecular weight excluding hydrogens is 340 g/mol. The van der Waals surface area contributed by atoms with Crippen molar-refractivity contribution in [1.82, 2.24) is 9.38 Å². The fraction of sp³-hybridized carbons (Fsp3) is 0. The fourth-order valence-corrected chi connectivity index (χ4v) is 5.07. The molecule has 0 radical (unpaired) electrons. The van der Waals surface area contributed by atoms with Crippen molar-refractivity contribution in [2.24, 2.45) is 0 Å². The average Bonchev–Trinajstić information content (AvgIpc) is 3.08. The van der Waals surface area contributed by atoms with E-state index in [-0.39, 0.29) is 5.56 Å². The van der Waals surface area contributed by atoms with Gasteiger partial charge < -0.3 is 0 Å². The molecule has 122 valence electrons. The molecule has 0 aliphatic carbocycles. The predicted molar refractivity (Wildman–Crippen MR) is 109 cm³/mol. The summed E-state index contributed by atoms with van der Waals surface area (Å²) in [5.41, 5.74) is 1.46. The molecule has 3 aromatic carbocycles. The van der Waals surface area contributed by atoms with Gasteiger partial charge in [-0.05, 0) is 23.6 Å². The number of hydrogen-bond acceptors (Lipinski definition) is 3. The van der Waals surface area contributed by atoms with E-state index < -0.39 is 0 Å². The van der Waals surface area contributed by atoms with Gasteiger partial charge in [-0.3, -0.25) is 4.79 Å². The first-order valence-corrected chi connectivity index (χ1v) is 9.28. The van der Waals surface area contributed by atoms with Crippen LogP contribution in [0.25, 0.3) is 47.6 Å². The minimum absolute atomic E-state index is 0.00657. The van der Waals surface area contributed by atoms with E-state index in [0.717, 1.165) is 32.2 Å². The molecule has 4 heteroatoms. The number of thiophene rings is 1. The lowest BCUT2D eigenvalue weighted by Gasteiger charge is -2.09. The number of rotatable bonds is 0. The van der Waals surface area contributed by atoms with Crippen molar-refractivity contribution in [3.8, 4) is 0 Å². The third kappa shape index (κ3) is 1.67. The van der Waals surface area contributed by atoms with E-state index >= 15 is 0 Å². The van der Waals surface area contributed by atoms with E-state index in [0.29, 0.717) is 5.39 Å². The molecule has 0 aliphatic heterocycles. The Hall–Kier alpha value is -3.24. The van der Waals surface area contributed by atoms with Crippen LogP contribution in [0.3, 0.4) is 0 Å². The summed E-state index contributed by atoms with van der Waals surface area (Å²) in [7, 11) is 0. The summed E-state index contributed by atoms with van der Waals surface area (Å²) in [5, 5.41) is 5.12. The second-order valence-electron chi connectivity index (χ2n) is 6.42. The van der Waals surface area contributed by atoms with Gasteiger partial charge in [-0.1, -0.05) is 54.6 Å². The molecule has 0 saturated heterocycles. The number of aromatic nitrogens is 2. The Bertz CT molecular complexity index is 1560. The van der Waals surface area contributed by atoms with Gasteiger partial charge in [0.1, 0.15) is 10.5 Å². The molecule has 3 nitrogen and oxygen atoms in total. The fourth-order valence-electron chi connectivity index (χ4n) is 3.85.